The molecule has 0 amide bonds. The second-order valence-electron chi connectivity index (χ2n) is 5.06. The molecular formula is C12H18N6O. The van der Waals surface area contributed by atoms with Crippen LogP contribution in [0.15, 0.2) is 17.2 Å². The summed E-state index contributed by atoms with van der Waals surface area (Å²) < 4.78 is 1.34. The molecule has 1 saturated heterocycles. The van der Waals surface area contributed by atoms with Crippen LogP contribution in [0.5, 0.6) is 0 Å². The number of aromatic nitrogens is 4. The lowest BCUT2D eigenvalue weighted by Crippen LogP contribution is -2.26. The molecule has 7 nitrogen and oxygen atoms in total. The van der Waals surface area contributed by atoms with E-state index in [4.69, 9.17) is 0 Å². The number of fused-ring (bicyclic) bond motifs is 1. The minimum Gasteiger partial charge on any atom is -0.319 e. The van der Waals surface area contributed by atoms with E-state index in [0.29, 0.717) is 11.7 Å². The molecule has 19 heavy (non-hydrogen) atoms. The first kappa shape index (κ1) is 12.3. The lowest BCUT2D eigenvalue weighted by atomic mass is 10.1. The predicted molar refractivity (Wildman–Crippen MR) is 70.9 cm³/mol. The number of likely N-dealkylation sites (tertiary alicyclic amines) is 1. The van der Waals surface area contributed by atoms with E-state index in [1.54, 1.807) is 6.07 Å². The van der Waals surface area contributed by atoms with Crippen LogP contribution in [0.4, 0.5) is 0 Å². The lowest BCUT2D eigenvalue weighted by molar-refractivity contribution is 0.311. The smallest absolute Gasteiger partial charge is 0.274 e. The van der Waals surface area contributed by atoms with Crippen LogP contribution in [0.2, 0.25) is 0 Å². The first-order chi connectivity index (χ1) is 9.26. The van der Waals surface area contributed by atoms with Gasteiger partial charge in [0.05, 0.1) is 5.69 Å². The summed E-state index contributed by atoms with van der Waals surface area (Å²) in [5.41, 5.74) is 0.686. The summed E-state index contributed by atoms with van der Waals surface area (Å²) in [6, 6.07) is 1.58. The van der Waals surface area contributed by atoms with E-state index in [0.717, 1.165) is 31.9 Å². The molecule has 0 saturated carbocycles. The van der Waals surface area contributed by atoms with Gasteiger partial charge in [0.2, 0.25) is 0 Å². The van der Waals surface area contributed by atoms with Gasteiger partial charge in [0, 0.05) is 19.2 Å². The van der Waals surface area contributed by atoms with E-state index < -0.39 is 0 Å². The monoisotopic (exact) mass is 262 g/mol. The Morgan fingerprint density at radius 3 is 3.32 bits per heavy atom. The second-order valence-corrected chi connectivity index (χ2v) is 5.06. The fraction of sp³-hybridized carbons (Fsp3) is 0.583. The molecule has 1 aliphatic rings. The van der Waals surface area contributed by atoms with Gasteiger partial charge in [0.1, 0.15) is 6.33 Å². The van der Waals surface area contributed by atoms with Crippen molar-refractivity contribution in [2.45, 2.75) is 13.0 Å². The highest BCUT2D eigenvalue weighted by Crippen LogP contribution is 2.17. The molecular weight excluding hydrogens is 244 g/mol. The molecule has 0 radical (unpaired) electrons. The van der Waals surface area contributed by atoms with Gasteiger partial charge in [-0.15, -0.1) is 0 Å². The fourth-order valence-electron chi connectivity index (χ4n) is 2.69. The Morgan fingerprint density at radius 1 is 1.58 bits per heavy atom. The third-order valence-corrected chi connectivity index (χ3v) is 3.57. The van der Waals surface area contributed by atoms with Gasteiger partial charge in [-0.1, -0.05) is 0 Å². The molecule has 2 N–H and O–H groups in total. The molecule has 0 aromatic carbocycles. The number of hydrogen-bond acceptors (Lipinski definition) is 5. The summed E-state index contributed by atoms with van der Waals surface area (Å²) in [7, 11) is 1.98. The number of nitrogens with one attached hydrogen (secondary N) is 2. The van der Waals surface area contributed by atoms with Crippen LogP contribution in [0.1, 0.15) is 12.1 Å². The van der Waals surface area contributed by atoms with Gasteiger partial charge >= 0.3 is 0 Å². The maximum atomic E-state index is 11.8. The van der Waals surface area contributed by atoms with Crippen LogP contribution in [-0.4, -0.2) is 51.2 Å². The minimum absolute atomic E-state index is 0.108. The van der Waals surface area contributed by atoms with Crippen molar-refractivity contribution in [3.05, 3.63) is 28.4 Å². The third-order valence-electron chi connectivity index (χ3n) is 3.57. The summed E-state index contributed by atoms with van der Waals surface area (Å²) in [6.07, 6.45) is 2.68. The van der Waals surface area contributed by atoms with E-state index in [1.807, 2.05) is 7.05 Å². The zero-order chi connectivity index (χ0) is 13.2. The molecule has 0 spiro atoms. The van der Waals surface area contributed by atoms with Crippen LogP contribution in [0.3, 0.4) is 0 Å². The van der Waals surface area contributed by atoms with Gasteiger partial charge in [-0.05, 0) is 32.5 Å². The van der Waals surface area contributed by atoms with Gasteiger partial charge in [0.15, 0.2) is 0 Å². The zero-order valence-electron chi connectivity index (χ0n) is 11.0. The highest BCUT2D eigenvalue weighted by Gasteiger charge is 2.22. The van der Waals surface area contributed by atoms with E-state index in [-0.39, 0.29) is 5.56 Å². The van der Waals surface area contributed by atoms with Crippen molar-refractivity contribution >= 4 is 5.78 Å². The topological polar surface area (TPSA) is 78.3 Å². The van der Waals surface area contributed by atoms with Crippen LogP contribution in [-0.2, 0) is 6.54 Å². The molecule has 7 heteroatoms. The third kappa shape index (κ3) is 2.52. The quantitative estimate of drug-likeness (QED) is 0.773. The number of H-pyrrole nitrogens is 1. The van der Waals surface area contributed by atoms with Crippen molar-refractivity contribution in [2.75, 3.05) is 26.7 Å². The number of hydrogen-bond donors (Lipinski definition) is 2. The molecule has 3 heterocycles. The Bertz CT molecular complexity index is 618. The highest BCUT2D eigenvalue weighted by atomic mass is 16.1. The van der Waals surface area contributed by atoms with Crippen molar-refractivity contribution in [2.24, 2.45) is 5.92 Å². The van der Waals surface area contributed by atoms with Gasteiger partial charge in [-0.3, -0.25) is 14.8 Å². The molecule has 0 bridgehead atoms. The lowest BCUT2D eigenvalue weighted by Gasteiger charge is -2.15. The Balaban J connectivity index is 1.73. The summed E-state index contributed by atoms with van der Waals surface area (Å²) in [6.45, 7) is 3.89. The second kappa shape index (κ2) is 5.10. The normalized spacial score (nSPS) is 20.4. The Hall–Kier alpha value is -1.73. The fourth-order valence-corrected chi connectivity index (χ4v) is 2.69. The SMILES string of the molecule is CNCC1CCN(Cc2cc(=O)n3[nH]cnc3n2)C1. The van der Waals surface area contributed by atoms with E-state index in [9.17, 15) is 4.79 Å². The van der Waals surface area contributed by atoms with Crippen molar-refractivity contribution < 1.29 is 0 Å². The maximum absolute atomic E-state index is 11.8. The molecule has 1 aliphatic heterocycles. The zero-order valence-corrected chi connectivity index (χ0v) is 11.0. The standard InChI is InChI=1S/C12H18N6O/c1-13-5-9-2-3-17(6-9)7-10-4-11(19)18-12(16-10)14-8-15-18/h4,8-9,13H,2-3,5-7H2,1H3,(H,14,15,16). The van der Waals surface area contributed by atoms with Crippen molar-refractivity contribution in [1.29, 1.82) is 0 Å². The highest BCUT2D eigenvalue weighted by molar-refractivity contribution is 5.25. The Morgan fingerprint density at radius 2 is 2.47 bits per heavy atom. The van der Waals surface area contributed by atoms with E-state index in [2.05, 4.69) is 25.3 Å². The van der Waals surface area contributed by atoms with Crippen molar-refractivity contribution in [1.82, 2.24) is 29.8 Å². The summed E-state index contributed by atoms with van der Waals surface area (Å²) in [4.78, 5) is 22.6. The predicted octanol–water partition coefficient (Wildman–Crippen LogP) is -0.541. The molecule has 1 fully saturated rings. The van der Waals surface area contributed by atoms with E-state index in [1.165, 1.54) is 17.3 Å². The average molecular weight is 262 g/mol. The molecule has 1 atom stereocenters. The summed E-state index contributed by atoms with van der Waals surface area (Å²) >= 11 is 0. The van der Waals surface area contributed by atoms with Crippen molar-refractivity contribution in [3.8, 4) is 0 Å². The van der Waals surface area contributed by atoms with Gasteiger partial charge in [0.25, 0.3) is 11.3 Å². The van der Waals surface area contributed by atoms with Gasteiger partial charge < -0.3 is 5.32 Å². The molecule has 2 aromatic rings. The summed E-state index contributed by atoms with van der Waals surface area (Å²) in [5.74, 6) is 1.13. The Kier molecular flexibility index (Phi) is 3.31. The molecule has 3 rings (SSSR count). The van der Waals surface area contributed by atoms with Gasteiger partial charge in [-0.2, -0.15) is 4.52 Å². The number of aromatic amines is 1. The van der Waals surface area contributed by atoms with Crippen LogP contribution < -0.4 is 10.9 Å². The van der Waals surface area contributed by atoms with Gasteiger partial charge in [-0.25, -0.2) is 9.97 Å². The largest absolute Gasteiger partial charge is 0.319 e. The molecule has 2 aromatic heterocycles. The molecule has 102 valence electrons. The number of nitrogens with zero attached hydrogens (tertiary/aromatic N) is 4. The van der Waals surface area contributed by atoms with Crippen LogP contribution >= 0.6 is 0 Å². The van der Waals surface area contributed by atoms with Crippen molar-refractivity contribution in [3.63, 3.8) is 0 Å². The Labute approximate surface area is 110 Å². The minimum atomic E-state index is -0.108. The average Bonchev–Trinajstić information content (AvgIpc) is 2.99. The first-order valence-corrected chi connectivity index (χ1v) is 6.55. The summed E-state index contributed by atoms with van der Waals surface area (Å²) in [5, 5.41) is 5.96. The van der Waals surface area contributed by atoms with Crippen LogP contribution in [0.25, 0.3) is 5.78 Å². The maximum Gasteiger partial charge on any atom is 0.274 e. The van der Waals surface area contributed by atoms with Crippen LogP contribution in [0, 0.1) is 5.92 Å². The van der Waals surface area contributed by atoms with E-state index >= 15 is 0 Å². The number of rotatable bonds is 4. The molecule has 0 aliphatic carbocycles. The first-order valence-electron chi connectivity index (χ1n) is 6.55. The molecule has 1 unspecified atom stereocenters.